The van der Waals surface area contributed by atoms with E-state index in [0.29, 0.717) is 0 Å². The Kier molecular flexibility index (Phi) is 9.63. The lowest BCUT2D eigenvalue weighted by Gasteiger charge is -2.50. The smallest absolute Gasteiger partial charge is 0.356 e. The molecule has 0 spiro atoms. The lowest BCUT2D eigenvalue weighted by molar-refractivity contribution is -0.157. The largest absolute Gasteiger partial charge is 0.477 e. The molecule has 0 radical (unpaired) electrons. The third kappa shape index (κ3) is 5.94. The highest BCUT2D eigenvalue weighted by molar-refractivity contribution is 7.96. The standard InChI is InChI=1S/C35H32NO7PS/c1-3-19-43-35(42)33(36-28(31(23(2)37)32(36)39)21-29(38)24-20-30(34(40)41)45-22-24)44(25-13-7-4-8-14-25,26-15-9-5-10-16-26)27-17-11-6-12-18-27/h3-18,20,22-23,28,31,37H,1,19,21H2,2H3,(H,40,41)/t23-,28-,31-/m1/s1. The van der Waals surface area contributed by atoms with E-state index in [1.165, 1.54) is 29.3 Å². The highest BCUT2D eigenvalue weighted by Crippen LogP contribution is 2.50. The Labute approximate surface area is 265 Å². The van der Waals surface area contributed by atoms with Gasteiger partial charge in [-0.3, -0.25) is 9.59 Å². The highest BCUT2D eigenvalue weighted by atomic mass is 32.1. The van der Waals surface area contributed by atoms with Crippen LogP contribution in [0.5, 0.6) is 0 Å². The van der Waals surface area contributed by atoms with Gasteiger partial charge in [-0.2, -0.15) is 0 Å². The van der Waals surface area contributed by atoms with E-state index in [4.69, 9.17) is 4.74 Å². The Bertz CT molecular complexity index is 1680. The number of carbonyl (C=O) groups excluding carboxylic acids is 3. The number of carboxylic acids is 1. The van der Waals surface area contributed by atoms with Gasteiger partial charge in [0, 0.05) is 24.3 Å². The first-order valence-electron chi connectivity index (χ1n) is 14.3. The number of aromatic carboxylic acids is 1. The molecule has 1 aromatic heterocycles. The molecule has 8 nitrogen and oxygen atoms in total. The normalized spacial score (nSPS) is 16.8. The van der Waals surface area contributed by atoms with Crippen molar-refractivity contribution in [2.24, 2.45) is 5.92 Å². The predicted octanol–water partition coefficient (Wildman–Crippen LogP) is 4.08. The maximum absolute atomic E-state index is 14.4. The molecule has 0 aliphatic carbocycles. The molecule has 0 saturated carbocycles. The minimum Gasteiger partial charge on any atom is -0.477 e. The zero-order chi connectivity index (χ0) is 32.1. The van der Waals surface area contributed by atoms with Crippen LogP contribution in [0.4, 0.5) is 0 Å². The number of nitrogens with zero attached hydrogens (tertiary/aromatic N) is 1. The van der Waals surface area contributed by atoms with Crippen LogP contribution in [0, 0.1) is 5.92 Å². The van der Waals surface area contributed by atoms with E-state index >= 15 is 0 Å². The summed E-state index contributed by atoms with van der Waals surface area (Å²) in [5.41, 5.74) is 0.274. The fraction of sp³-hybridized carbons (Fsp3) is 0.171. The molecule has 1 aliphatic heterocycles. The third-order valence-electron chi connectivity index (χ3n) is 7.81. The number of hydrogen-bond donors (Lipinski definition) is 2. The first-order valence-corrected chi connectivity index (χ1v) is 17.0. The molecule has 0 bridgehead atoms. The van der Waals surface area contributed by atoms with Crippen LogP contribution >= 0.6 is 18.2 Å². The van der Waals surface area contributed by atoms with E-state index in [1.54, 1.807) is 0 Å². The van der Waals surface area contributed by atoms with Crippen molar-refractivity contribution in [3.63, 3.8) is 0 Å². The fourth-order valence-corrected chi connectivity index (χ4v) is 11.0. The van der Waals surface area contributed by atoms with Crippen LogP contribution in [0.15, 0.2) is 115 Å². The van der Waals surface area contributed by atoms with Gasteiger partial charge in [0.05, 0.1) is 18.1 Å². The summed E-state index contributed by atoms with van der Waals surface area (Å²) in [6, 6.07) is 28.8. The first kappa shape index (κ1) is 31.9. The van der Waals surface area contributed by atoms with Crippen LogP contribution in [0.1, 0.15) is 33.4 Å². The number of hydrogen-bond acceptors (Lipinski definition) is 7. The summed E-state index contributed by atoms with van der Waals surface area (Å²) in [4.78, 5) is 55.0. The van der Waals surface area contributed by atoms with Crippen molar-refractivity contribution in [1.82, 2.24) is 4.90 Å². The molecule has 3 atom stereocenters. The second kappa shape index (κ2) is 13.6. The molecule has 2 N–H and O–H groups in total. The number of carboxylic acid groups (broad SMARTS) is 1. The number of carbonyl (C=O) groups is 4. The van der Waals surface area contributed by atoms with E-state index < -0.39 is 48.6 Å². The zero-order valence-electron chi connectivity index (χ0n) is 24.5. The third-order valence-corrected chi connectivity index (χ3v) is 13.0. The van der Waals surface area contributed by atoms with E-state index in [1.807, 2.05) is 91.0 Å². The molecule has 45 heavy (non-hydrogen) atoms. The average molecular weight is 642 g/mol. The second-order valence-electron chi connectivity index (χ2n) is 10.6. The second-order valence-corrected chi connectivity index (χ2v) is 14.8. The van der Waals surface area contributed by atoms with Crippen LogP contribution in [0.2, 0.25) is 0 Å². The van der Waals surface area contributed by atoms with E-state index in [0.717, 1.165) is 27.3 Å². The van der Waals surface area contributed by atoms with Crippen LogP contribution in [0.25, 0.3) is 0 Å². The quantitative estimate of drug-likeness (QED) is 0.0787. The number of esters is 1. The van der Waals surface area contributed by atoms with Crippen molar-refractivity contribution in [2.45, 2.75) is 25.5 Å². The van der Waals surface area contributed by atoms with Crippen molar-refractivity contribution in [3.05, 3.63) is 126 Å². The monoisotopic (exact) mass is 641 g/mol. The molecule has 1 fully saturated rings. The number of ether oxygens (including phenoxy) is 1. The Hall–Kier alpha value is -4.56. The molecule has 1 saturated heterocycles. The van der Waals surface area contributed by atoms with Crippen LogP contribution in [-0.4, -0.2) is 62.9 Å². The van der Waals surface area contributed by atoms with Gasteiger partial charge in [-0.15, -0.1) is 11.3 Å². The molecular weight excluding hydrogens is 609 g/mol. The summed E-state index contributed by atoms with van der Waals surface area (Å²) in [7, 11) is 0. The Morgan fingerprint density at radius 3 is 1.89 bits per heavy atom. The van der Waals surface area contributed by atoms with E-state index in [-0.39, 0.29) is 28.9 Å². The number of amides is 1. The van der Waals surface area contributed by atoms with Crippen molar-refractivity contribution < 1.29 is 34.1 Å². The predicted molar refractivity (Wildman–Crippen MR) is 177 cm³/mol. The lowest BCUT2D eigenvalue weighted by atomic mass is 9.80. The van der Waals surface area contributed by atoms with E-state index in [9.17, 15) is 29.4 Å². The molecule has 3 aromatic carbocycles. The maximum Gasteiger partial charge on any atom is 0.356 e. The SMILES string of the molecule is C=CCOC(=O)C(N1C(=O)[C@H]([C@@H](C)O)[C@H]1CC(=O)c1csc(C(=O)O)c1)=P(c1ccccc1)(c1ccccc1)c1ccccc1. The Morgan fingerprint density at radius 2 is 1.47 bits per heavy atom. The van der Waals surface area contributed by atoms with Gasteiger partial charge in [0.1, 0.15) is 16.9 Å². The fourth-order valence-electron chi connectivity index (χ4n) is 5.84. The lowest BCUT2D eigenvalue weighted by Crippen LogP contribution is -2.68. The van der Waals surface area contributed by atoms with Gasteiger partial charge in [-0.05, 0) is 28.9 Å². The molecule has 4 aromatic rings. The number of benzene rings is 3. The highest BCUT2D eigenvalue weighted by Gasteiger charge is 2.55. The molecule has 10 heteroatoms. The topological polar surface area (TPSA) is 121 Å². The zero-order valence-corrected chi connectivity index (χ0v) is 26.2. The summed E-state index contributed by atoms with van der Waals surface area (Å²) in [6.45, 7) is 1.86. The van der Waals surface area contributed by atoms with Gasteiger partial charge < -0.3 is 19.8 Å². The van der Waals surface area contributed by atoms with Gasteiger partial charge in [0.25, 0.3) is 0 Å². The number of rotatable bonds is 12. The summed E-state index contributed by atoms with van der Waals surface area (Å²) >= 11 is 0.930. The van der Waals surface area contributed by atoms with Gasteiger partial charge in [-0.25, -0.2) is 9.59 Å². The first-order chi connectivity index (χ1) is 21.7. The number of aliphatic hydroxyl groups excluding tert-OH is 1. The maximum atomic E-state index is 14.4. The summed E-state index contributed by atoms with van der Waals surface area (Å²) in [6.07, 6.45) is 0.0809. The summed E-state index contributed by atoms with van der Waals surface area (Å²) < 4.78 is 5.72. The number of likely N-dealkylation sites (tertiary alicyclic amines) is 1. The van der Waals surface area contributed by atoms with Gasteiger partial charge in [0.2, 0.25) is 5.91 Å². The van der Waals surface area contributed by atoms with E-state index in [2.05, 4.69) is 6.58 Å². The molecule has 230 valence electrons. The summed E-state index contributed by atoms with van der Waals surface area (Å²) in [5, 5.41) is 24.0. The number of β-lactam (4-membered cyclic amide) rings is 1. The minimum atomic E-state index is -3.19. The van der Waals surface area contributed by atoms with Gasteiger partial charge >= 0.3 is 11.9 Å². The molecule has 1 aliphatic rings. The number of ketones is 1. The number of Topliss-reactive ketones (excluding diaryl/α,β-unsaturated/α-hetero) is 1. The number of aliphatic hydroxyl groups is 1. The van der Waals surface area contributed by atoms with Gasteiger partial charge in [-0.1, -0.05) is 104 Å². The van der Waals surface area contributed by atoms with Crippen LogP contribution in [0.3, 0.4) is 0 Å². The van der Waals surface area contributed by atoms with Crippen molar-refractivity contribution in [2.75, 3.05) is 6.61 Å². The van der Waals surface area contributed by atoms with Crippen molar-refractivity contribution in [3.8, 4) is 0 Å². The number of thiophene rings is 1. The van der Waals surface area contributed by atoms with Crippen LogP contribution in [-0.2, 0) is 14.3 Å². The summed E-state index contributed by atoms with van der Waals surface area (Å²) in [5.74, 6) is -3.77. The molecule has 5 rings (SSSR count). The van der Waals surface area contributed by atoms with Crippen molar-refractivity contribution >= 4 is 63.2 Å². The van der Waals surface area contributed by atoms with Gasteiger partial charge in [0.15, 0.2) is 5.78 Å². The minimum absolute atomic E-state index is 0.00870. The molecular formula is C35H32NO7PS. The molecule has 1 amide bonds. The van der Waals surface area contributed by atoms with Crippen LogP contribution < -0.4 is 15.9 Å². The Balaban J connectivity index is 1.83. The van der Waals surface area contributed by atoms with Crippen molar-refractivity contribution in [1.29, 1.82) is 0 Å². The molecule has 2 heterocycles. The molecule has 0 unspecified atom stereocenters. The Morgan fingerprint density at radius 1 is 0.956 bits per heavy atom. The average Bonchev–Trinajstić information content (AvgIpc) is 3.56.